The van der Waals surface area contributed by atoms with Gasteiger partial charge in [0.25, 0.3) is 0 Å². The lowest BCUT2D eigenvalue weighted by Gasteiger charge is -2.26. The summed E-state index contributed by atoms with van der Waals surface area (Å²) >= 11 is 1.73. The fourth-order valence-corrected chi connectivity index (χ4v) is 2.98. The standard InChI is InChI=1S/C14H25N5OS.HI/c1-12-11-18-13(21-12)3-5-17-14(15)16-4-2-6-19-7-9-20-10-8-19;/h11H,2-10H2,1H3,(H3,15,16,17);1H. The number of aromatic nitrogens is 1. The van der Waals surface area contributed by atoms with Crippen molar-refractivity contribution in [3.8, 4) is 0 Å². The molecule has 1 fully saturated rings. The second kappa shape index (κ2) is 11.1. The van der Waals surface area contributed by atoms with Crippen LogP contribution >= 0.6 is 35.3 Å². The number of hydrogen-bond acceptors (Lipinski definition) is 5. The predicted octanol–water partition coefficient (Wildman–Crippen LogP) is 1.24. The number of ether oxygens (including phenoxy) is 1. The molecule has 2 rings (SSSR count). The van der Waals surface area contributed by atoms with E-state index in [1.54, 1.807) is 11.3 Å². The Kier molecular flexibility index (Phi) is 9.92. The van der Waals surface area contributed by atoms with E-state index in [1.165, 1.54) is 4.88 Å². The third kappa shape index (κ3) is 7.70. The smallest absolute Gasteiger partial charge is 0.188 e. The Balaban J connectivity index is 0.00000242. The SMILES string of the molecule is Cc1cnc(CCNC(N)=NCCCN2CCOCC2)s1.I. The number of morpholine rings is 1. The molecule has 0 aromatic carbocycles. The molecule has 0 saturated carbocycles. The largest absolute Gasteiger partial charge is 0.379 e. The Morgan fingerprint density at radius 1 is 1.50 bits per heavy atom. The Bertz CT molecular complexity index is 448. The van der Waals surface area contributed by atoms with Gasteiger partial charge in [0.1, 0.15) is 0 Å². The zero-order valence-corrected chi connectivity index (χ0v) is 16.2. The van der Waals surface area contributed by atoms with Gasteiger partial charge in [-0.25, -0.2) is 4.98 Å². The average Bonchev–Trinajstić information content (AvgIpc) is 2.90. The number of guanidine groups is 1. The lowest BCUT2D eigenvalue weighted by atomic mass is 10.3. The molecule has 3 N–H and O–H groups in total. The molecule has 8 heteroatoms. The topological polar surface area (TPSA) is 75.8 Å². The second-order valence-electron chi connectivity index (χ2n) is 5.12. The maximum absolute atomic E-state index is 5.85. The van der Waals surface area contributed by atoms with Crippen molar-refractivity contribution in [2.24, 2.45) is 10.7 Å². The summed E-state index contributed by atoms with van der Waals surface area (Å²) in [6.45, 7) is 8.46. The van der Waals surface area contributed by atoms with E-state index < -0.39 is 0 Å². The van der Waals surface area contributed by atoms with Crippen molar-refractivity contribution < 1.29 is 4.74 Å². The molecule has 22 heavy (non-hydrogen) atoms. The fraction of sp³-hybridized carbons (Fsp3) is 0.714. The highest BCUT2D eigenvalue weighted by Gasteiger charge is 2.08. The zero-order chi connectivity index (χ0) is 14.9. The summed E-state index contributed by atoms with van der Waals surface area (Å²) in [7, 11) is 0. The van der Waals surface area contributed by atoms with E-state index in [-0.39, 0.29) is 24.0 Å². The minimum Gasteiger partial charge on any atom is -0.379 e. The maximum atomic E-state index is 5.85. The summed E-state index contributed by atoms with van der Waals surface area (Å²) in [4.78, 5) is 12.3. The van der Waals surface area contributed by atoms with Crippen molar-refractivity contribution >= 4 is 41.3 Å². The normalized spacial score (nSPS) is 16.3. The van der Waals surface area contributed by atoms with Crippen molar-refractivity contribution in [2.45, 2.75) is 19.8 Å². The predicted molar refractivity (Wildman–Crippen MR) is 102 cm³/mol. The molecule has 0 spiro atoms. The first-order chi connectivity index (χ1) is 10.2. The van der Waals surface area contributed by atoms with Crippen LogP contribution in [0.3, 0.4) is 0 Å². The van der Waals surface area contributed by atoms with Gasteiger partial charge in [-0.15, -0.1) is 35.3 Å². The summed E-state index contributed by atoms with van der Waals surface area (Å²) in [5.41, 5.74) is 5.85. The molecule has 2 heterocycles. The van der Waals surface area contributed by atoms with Crippen LogP contribution < -0.4 is 11.1 Å². The van der Waals surface area contributed by atoms with E-state index in [4.69, 9.17) is 10.5 Å². The first kappa shape index (κ1) is 19.6. The number of nitrogens with one attached hydrogen (secondary N) is 1. The van der Waals surface area contributed by atoms with Crippen molar-refractivity contribution in [1.29, 1.82) is 0 Å². The quantitative estimate of drug-likeness (QED) is 0.290. The van der Waals surface area contributed by atoms with Gasteiger partial charge in [-0.1, -0.05) is 0 Å². The molecule has 1 aliphatic rings. The van der Waals surface area contributed by atoms with Gasteiger partial charge in [-0.05, 0) is 13.3 Å². The molecule has 6 nitrogen and oxygen atoms in total. The molecule has 0 radical (unpaired) electrons. The zero-order valence-electron chi connectivity index (χ0n) is 13.1. The molecule has 1 aromatic heterocycles. The van der Waals surface area contributed by atoms with Crippen LogP contribution in [0, 0.1) is 6.92 Å². The minimum absolute atomic E-state index is 0. The van der Waals surface area contributed by atoms with Gasteiger partial charge < -0.3 is 15.8 Å². The van der Waals surface area contributed by atoms with Crippen molar-refractivity contribution in [3.63, 3.8) is 0 Å². The van der Waals surface area contributed by atoms with Crippen LogP contribution in [0.15, 0.2) is 11.2 Å². The van der Waals surface area contributed by atoms with Crippen molar-refractivity contribution in [2.75, 3.05) is 45.9 Å². The van der Waals surface area contributed by atoms with Gasteiger partial charge in [0.05, 0.1) is 18.2 Å². The number of nitrogens with two attached hydrogens (primary N) is 1. The number of thiazole rings is 1. The molecule has 0 amide bonds. The summed E-state index contributed by atoms with van der Waals surface area (Å²) in [5.74, 6) is 0.533. The molecular weight excluding hydrogens is 413 g/mol. The summed E-state index contributed by atoms with van der Waals surface area (Å²) in [6, 6.07) is 0. The number of nitrogens with zero attached hydrogens (tertiary/aromatic N) is 3. The van der Waals surface area contributed by atoms with Crippen LogP contribution in [0.4, 0.5) is 0 Å². The van der Waals surface area contributed by atoms with Crippen LogP contribution in [-0.4, -0.2) is 61.8 Å². The van der Waals surface area contributed by atoms with Crippen LogP contribution in [0.25, 0.3) is 0 Å². The highest BCUT2D eigenvalue weighted by atomic mass is 127. The van der Waals surface area contributed by atoms with E-state index in [0.717, 1.165) is 63.8 Å². The summed E-state index contributed by atoms with van der Waals surface area (Å²) in [6.07, 6.45) is 3.83. The molecule has 1 aromatic rings. The molecule has 0 atom stereocenters. The lowest BCUT2D eigenvalue weighted by molar-refractivity contribution is 0.0377. The van der Waals surface area contributed by atoms with E-state index in [2.05, 4.69) is 27.1 Å². The van der Waals surface area contributed by atoms with Gasteiger partial charge >= 0.3 is 0 Å². The number of aliphatic imine (C=N–C) groups is 1. The highest BCUT2D eigenvalue weighted by Crippen LogP contribution is 2.10. The van der Waals surface area contributed by atoms with Gasteiger partial charge in [-0.3, -0.25) is 9.89 Å². The van der Waals surface area contributed by atoms with Gasteiger partial charge in [-0.2, -0.15) is 0 Å². The van der Waals surface area contributed by atoms with Gasteiger partial charge in [0, 0.05) is 50.2 Å². The van der Waals surface area contributed by atoms with Crippen molar-refractivity contribution in [1.82, 2.24) is 15.2 Å². The molecule has 0 bridgehead atoms. The van der Waals surface area contributed by atoms with Crippen LogP contribution in [0.1, 0.15) is 16.3 Å². The fourth-order valence-electron chi connectivity index (χ4n) is 2.19. The monoisotopic (exact) mass is 439 g/mol. The molecule has 126 valence electrons. The van der Waals surface area contributed by atoms with E-state index in [0.29, 0.717) is 5.96 Å². The highest BCUT2D eigenvalue weighted by molar-refractivity contribution is 14.0. The Hall–Kier alpha value is -0.450. The van der Waals surface area contributed by atoms with Crippen LogP contribution in [-0.2, 0) is 11.2 Å². The molecule has 0 unspecified atom stereocenters. The summed E-state index contributed by atoms with van der Waals surface area (Å²) < 4.78 is 5.32. The molecular formula is C14H26IN5OS. The average molecular weight is 439 g/mol. The lowest BCUT2D eigenvalue weighted by Crippen LogP contribution is -2.37. The third-order valence-electron chi connectivity index (χ3n) is 3.33. The maximum Gasteiger partial charge on any atom is 0.188 e. The van der Waals surface area contributed by atoms with Crippen LogP contribution in [0.2, 0.25) is 0 Å². The second-order valence-corrected chi connectivity index (χ2v) is 6.44. The third-order valence-corrected chi connectivity index (χ3v) is 4.30. The van der Waals surface area contributed by atoms with Gasteiger partial charge in [0.2, 0.25) is 0 Å². The summed E-state index contributed by atoms with van der Waals surface area (Å²) in [5, 5.41) is 4.28. The van der Waals surface area contributed by atoms with E-state index >= 15 is 0 Å². The van der Waals surface area contributed by atoms with E-state index in [1.807, 2.05) is 6.20 Å². The van der Waals surface area contributed by atoms with Crippen molar-refractivity contribution in [3.05, 3.63) is 16.1 Å². The molecule has 1 saturated heterocycles. The van der Waals surface area contributed by atoms with Gasteiger partial charge in [0.15, 0.2) is 5.96 Å². The first-order valence-electron chi connectivity index (χ1n) is 7.49. The minimum atomic E-state index is 0. The molecule has 1 aliphatic heterocycles. The van der Waals surface area contributed by atoms with Crippen LogP contribution in [0.5, 0.6) is 0 Å². The number of halogens is 1. The number of rotatable bonds is 7. The molecule has 0 aliphatic carbocycles. The number of hydrogen-bond donors (Lipinski definition) is 2. The Morgan fingerprint density at radius 2 is 2.27 bits per heavy atom. The Labute approximate surface area is 153 Å². The number of aryl methyl sites for hydroxylation is 1. The Morgan fingerprint density at radius 3 is 2.95 bits per heavy atom. The van der Waals surface area contributed by atoms with E-state index in [9.17, 15) is 0 Å². The first-order valence-corrected chi connectivity index (χ1v) is 8.31.